The summed E-state index contributed by atoms with van der Waals surface area (Å²) in [5.41, 5.74) is 1.19. The summed E-state index contributed by atoms with van der Waals surface area (Å²) in [4.78, 5) is 12.1. The number of carbonyl (C=O) groups is 1. The fraction of sp³-hybridized carbons (Fsp3) is 0.400. The topological polar surface area (TPSA) is 82.1 Å². The van der Waals surface area contributed by atoms with Gasteiger partial charge in [0.15, 0.2) is 6.61 Å². The number of hydrogen-bond donors (Lipinski definition) is 0. The van der Waals surface area contributed by atoms with Crippen LogP contribution in [0.15, 0.2) is 41.3 Å². The molecule has 9 heteroatoms. The molecule has 0 bridgehead atoms. The Morgan fingerprint density at radius 1 is 1.09 bits per heavy atom. The SMILES string of the molecule is COCCN(C)S(=O)(=O)c1ccc(C)c(C#Cc2cc(Cl)ccc2OCC(=O)OC(C)(C)C)c1. The lowest BCUT2D eigenvalue weighted by Crippen LogP contribution is -2.30. The maximum atomic E-state index is 12.9. The smallest absolute Gasteiger partial charge is 0.344 e. The third kappa shape index (κ3) is 8.03. The van der Waals surface area contributed by atoms with Crippen molar-refractivity contribution in [2.24, 2.45) is 0 Å². The van der Waals surface area contributed by atoms with Crippen LogP contribution in [0, 0.1) is 18.8 Å². The number of ether oxygens (including phenoxy) is 3. The zero-order chi connectivity index (χ0) is 25.5. The highest BCUT2D eigenvalue weighted by Gasteiger charge is 2.21. The minimum Gasteiger partial charge on any atom is -0.481 e. The number of nitrogens with zero attached hydrogens (tertiary/aromatic N) is 1. The van der Waals surface area contributed by atoms with Crippen LogP contribution in [-0.2, 0) is 24.3 Å². The van der Waals surface area contributed by atoms with Gasteiger partial charge in [-0.2, -0.15) is 4.31 Å². The summed E-state index contributed by atoms with van der Waals surface area (Å²) in [5.74, 6) is 5.85. The van der Waals surface area contributed by atoms with Crippen molar-refractivity contribution in [3.63, 3.8) is 0 Å². The maximum absolute atomic E-state index is 12.9. The molecule has 0 aliphatic carbocycles. The van der Waals surface area contributed by atoms with Gasteiger partial charge in [0.2, 0.25) is 10.0 Å². The predicted molar refractivity (Wildman–Crippen MR) is 132 cm³/mol. The van der Waals surface area contributed by atoms with Crippen molar-refractivity contribution in [3.05, 3.63) is 58.1 Å². The molecule has 34 heavy (non-hydrogen) atoms. The highest BCUT2D eigenvalue weighted by atomic mass is 35.5. The molecule has 0 saturated carbocycles. The molecule has 0 unspecified atom stereocenters. The Hall–Kier alpha value is -2.57. The molecule has 0 saturated heterocycles. The fourth-order valence-corrected chi connectivity index (χ4v) is 4.14. The molecule has 0 spiro atoms. The molecular weight excluding hydrogens is 478 g/mol. The van der Waals surface area contributed by atoms with E-state index in [2.05, 4.69) is 11.8 Å². The molecule has 0 fully saturated rings. The largest absolute Gasteiger partial charge is 0.481 e. The molecule has 7 nitrogen and oxygen atoms in total. The molecule has 0 aliphatic heterocycles. The Kier molecular flexibility index (Phi) is 9.54. The average Bonchev–Trinajstić information content (AvgIpc) is 2.74. The van der Waals surface area contributed by atoms with Crippen LogP contribution in [0.1, 0.15) is 37.5 Å². The molecular formula is C25H30ClNO6S. The Bertz CT molecular complexity index is 1190. The number of carbonyl (C=O) groups excluding carboxylic acids is 1. The van der Waals surface area contributed by atoms with Crippen molar-refractivity contribution in [2.45, 2.75) is 38.2 Å². The van der Waals surface area contributed by atoms with E-state index in [0.29, 0.717) is 21.9 Å². The number of benzene rings is 2. The van der Waals surface area contributed by atoms with E-state index in [1.807, 2.05) is 6.92 Å². The molecule has 2 aromatic rings. The summed E-state index contributed by atoms with van der Waals surface area (Å²) >= 11 is 6.13. The minimum absolute atomic E-state index is 0.133. The van der Waals surface area contributed by atoms with Crippen molar-refractivity contribution < 1.29 is 27.4 Å². The first kappa shape index (κ1) is 27.7. The summed E-state index contributed by atoms with van der Waals surface area (Å²) < 4.78 is 42.8. The molecule has 0 amide bonds. The first-order chi connectivity index (χ1) is 15.8. The standard InChI is InChI=1S/C25H30ClNO6S/c1-18-7-11-22(34(29,30)27(5)13-14-31-6)16-19(18)8-9-20-15-21(26)10-12-23(20)32-17-24(28)33-25(2,3)4/h7,10-12,15-16H,13-14,17H2,1-6H3. The highest BCUT2D eigenvalue weighted by Crippen LogP contribution is 2.23. The van der Waals surface area contributed by atoms with Crippen molar-refractivity contribution in [2.75, 3.05) is 33.9 Å². The van der Waals surface area contributed by atoms with Crippen LogP contribution in [0.5, 0.6) is 5.75 Å². The van der Waals surface area contributed by atoms with Crippen LogP contribution in [0.2, 0.25) is 5.02 Å². The van der Waals surface area contributed by atoms with Crippen LogP contribution in [0.25, 0.3) is 0 Å². The van der Waals surface area contributed by atoms with E-state index in [-0.39, 0.29) is 24.7 Å². The summed E-state index contributed by atoms with van der Waals surface area (Å²) in [7, 11) is -0.678. The molecule has 0 aromatic heterocycles. The molecule has 184 valence electrons. The number of aryl methyl sites for hydroxylation is 1. The van der Waals surface area contributed by atoms with Gasteiger partial charge in [-0.25, -0.2) is 13.2 Å². The highest BCUT2D eigenvalue weighted by molar-refractivity contribution is 7.89. The van der Waals surface area contributed by atoms with Crippen LogP contribution < -0.4 is 4.74 Å². The Balaban J connectivity index is 2.33. The van der Waals surface area contributed by atoms with Crippen LogP contribution >= 0.6 is 11.6 Å². The van der Waals surface area contributed by atoms with E-state index in [0.717, 1.165) is 5.56 Å². The Labute approximate surface area is 207 Å². The van der Waals surface area contributed by atoms with Gasteiger partial charge < -0.3 is 14.2 Å². The van der Waals surface area contributed by atoms with Crippen molar-refractivity contribution in [1.29, 1.82) is 0 Å². The molecule has 2 rings (SSSR count). The zero-order valence-corrected chi connectivity index (χ0v) is 21.8. The van der Waals surface area contributed by atoms with E-state index < -0.39 is 21.6 Å². The Morgan fingerprint density at radius 2 is 1.76 bits per heavy atom. The molecule has 0 radical (unpaired) electrons. The normalized spacial score (nSPS) is 11.6. The number of sulfonamides is 1. The quantitative estimate of drug-likeness (QED) is 0.396. The monoisotopic (exact) mass is 507 g/mol. The first-order valence-corrected chi connectivity index (χ1v) is 12.4. The summed E-state index contributed by atoms with van der Waals surface area (Å²) in [5, 5.41) is 0.446. The van der Waals surface area contributed by atoms with Crippen molar-refractivity contribution in [1.82, 2.24) is 4.31 Å². The van der Waals surface area contributed by atoms with Gasteiger partial charge in [-0.1, -0.05) is 29.5 Å². The lowest BCUT2D eigenvalue weighted by atomic mass is 10.1. The van der Waals surface area contributed by atoms with Gasteiger partial charge >= 0.3 is 5.97 Å². The molecule has 0 heterocycles. The van der Waals surface area contributed by atoms with Gasteiger partial charge in [0.25, 0.3) is 0 Å². The number of hydrogen-bond acceptors (Lipinski definition) is 6. The lowest BCUT2D eigenvalue weighted by Gasteiger charge is -2.19. The van der Waals surface area contributed by atoms with Gasteiger partial charge in [-0.15, -0.1) is 0 Å². The lowest BCUT2D eigenvalue weighted by molar-refractivity contribution is -0.157. The van der Waals surface area contributed by atoms with Crippen LogP contribution in [0.4, 0.5) is 0 Å². The second-order valence-corrected chi connectivity index (χ2v) is 11.0. The fourth-order valence-electron chi connectivity index (χ4n) is 2.78. The van der Waals surface area contributed by atoms with Crippen LogP contribution in [-0.4, -0.2) is 58.2 Å². The van der Waals surface area contributed by atoms with Crippen molar-refractivity contribution >= 4 is 27.6 Å². The number of esters is 1. The van der Waals surface area contributed by atoms with E-state index in [4.69, 9.17) is 25.8 Å². The van der Waals surface area contributed by atoms with Gasteiger partial charge in [0, 0.05) is 31.3 Å². The Morgan fingerprint density at radius 3 is 2.41 bits per heavy atom. The van der Waals surface area contributed by atoms with Gasteiger partial charge in [0.05, 0.1) is 17.1 Å². The van der Waals surface area contributed by atoms with Gasteiger partial charge in [-0.3, -0.25) is 0 Å². The number of halogens is 1. The second-order valence-electron chi connectivity index (χ2n) is 8.56. The summed E-state index contributed by atoms with van der Waals surface area (Å²) in [6.07, 6.45) is 0. The first-order valence-electron chi connectivity index (χ1n) is 10.6. The van der Waals surface area contributed by atoms with E-state index in [1.54, 1.807) is 51.1 Å². The van der Waals surface area contributed by atoms with Crippen molar-refractivity contribution in [3.8, 4) is 17.6 Å². The van der Waals surface area contributed by atoms with Gasteiger partial charge in [0.1, 0.15) is 11.4 Å². The molecule has 0 N–H and O–H groups in total. The van der Waals surface area contributed by atoms with E-state index in [1.165, 1.54) is 24.5 Å². The number of rotatable bonds is 8. The van der Waals surface area contributed by atoms with Gasteiger partial charge in [-0.05, 0) is 63.6 Å². The predicted octanol–water partition coefficient (Wildman–Crippen LogP) is 4.04. The maximum Gasteiger partial charge on any atom is 0.344 e. The third-order valence-electron chi connectivity index (χ3n) is 4.57. The van der Waals surface area contributed by atoms with Crippen LogP contribution in [0.3, 0.4) is 0 Å². The molecule has 0 atom stereocenters. The number of likely N-dealkylation sites (N-methyl/N-ethyl adjacent to an activating group) is 1. The third-order valence-corrected chi connectivity index (χ3v) is 6.65. The zero-order valence-electron chi connectivity index (χ0n) is 20.3. The second kappa shape index (κ2) is 11.7. The number of methoxy groups -OCH3 is 1. The molecule has 0 aliphatic rings. The summed E-state index contributed by atoms with van der Waals surface area (Å²) in [6, 6.07) is 9.66. The summed E-state index contributed by atoms with van der Waals surface area (Å²) in [6.45, 7) is 7.40. The van der Waals surface area contributed by atoms with E-state index in [9.17, 15) is 13.2 Å². The molecule has 2 aromatic carbocycles. The minimum atomic E-state index is -3.69. The average molecular weight is 508 g/mol. The van der Waals surface area contributed by atoms with E-state index >= 15 is 0 Å².